The van der Waals surface area contributed by atoms with Gasteiger partial charge in [-0.15, -0.1) is 0 Å². The van der Waals surface area contributed by atoms with E-state index in [4.69, 9.17) is 28.3 Å². The van der Waals surface area contributed by atoms with Crippen LogP contribution < -0.4 is 4.80 Å². The standard InChI is InChI=1S/C16H10Cl2N2O3S/c17-10-3-1-2-9(6-10)15(23)19-16-20(8-14(21)22)12-5-4-11(18)7-13(12)24-16/h1-7H,8H2,(H,21,22)/b19-16-. The maximum Gasteiger partial charge on any atom is 0.323 e. The first kappa shape index (κ1) is 16.7. The minimum atomic E-state index is -1.03. The van der Waals surface area contributed by atoms with Crippen molar-refractivity contribution in [3.8, 4) is 0 Å². The molecule has 0 atom stereocenters. The molecule has 2 aromatic carbocycles. The largest absolute Gasteiger partial charge is 0.480 e. The van der Waals surface area contributed by atoms with Crippen molar-refractivity contribution in [3.63, 3.8) is 0 Å². The Hall–Kier alpha value is -2.15. The van der Waals surface area contributed by atoms with E-state index in [-0.39, 0.29) is 6.54 Å². The van der Waals surface area contributed by atoms with Gasteiger partial charge in [0.2, 0.25) is 0 Å². The lowest BCUT2D eigenvalue weighted by Crippen LogP contribution is -2.21. The highest BCUT2D eigenvalue weighted by molar-refractivity contribution is 7.16. The van der Waals surface area contributed by atoms with Crippen molar-refractivity contribution in [3.05, 3.63) is 62.9 Å². The Labute approximate surface area is 150 Å². The first-order chi connectivity index (χ1) is 11.4. The third kappa shape index (κ3) is 3.51. The quantitative estimate of drug-likeness (QED) is 0.750. The minimum absolute atomic E-state index is 0.291. The highest BCUT2D eigenvalue weighted by Crippen LogP contribution is 2.22. The summed E-state index contributed by atoms with van der Waals surface area (Å²) in [6.45, 7) is -0.302. The number of halogens is 2. The number of aromatic nitrogens is 1. The van der Waals surface area contributed by atoms with E-state index in [1.165, 1.54) is 22.0 Å². The monoisotopic (exact) mass is 380 g/mol. The number of carbonyl (C=O) groups excluding carboxylic acids is 1. The van der Waals surface area contributed by atoms with Crippen molar-refractivity contribution >= 4 is 56.6 Å². The predicted molar refractivity (Wildman–Crippen MR) is 93.8 cm³/mol. The van der Waals surface area contributed by atoms with E-state index in [1.54, 1.807) is 36.4 Å². The van der Waals surface area contributed by atoms with Crippen LogP contribution in [0, 0.1) is 0 Å². The summed E-state index contributed by atoms with van der Waals surface area (Å²) in [5, 5.41) is 10.1. The third-order valence-electron chi connectivity index (χ3n) is 3.21. The summed E-state index contributed by atoms with van der Waals surface area (Å²) < 4.78 is 2.22. The SMILES string of the molecule is O=C(O)Cn1/c(=N/C(=O)c2cccc(Cl)c2)sc2cc(Cl)ccc21. The first-order valence-corrected chi connectivity index (χ1v) is 8.36. The van der Waals surface area contributed by atoms with E-state index in [1.807, 2.05) is 0 Å². The number of nitrogens with zero attached hydrogens (tertiary/aromatic N) is 2. The number of fused-ring (bicyclic) bond motifs is 1. The van der Waals surface area contributed by atoms with Crippen molar-refractivity contribution < 1.29 is 14.7 Å². The fourth-order valence-electron chi connectivity index (χ4n) is 2.19. The van der Waals surface area contributed by atoms with Gasteiger partial charge in [-0.25, -0.2) is 0 Å². The van der Waals surface area contributed by atoms with Crippen LogP contribution in [0.1, 0.15) is 10.4 Å². The Morgan fingerprint density at radius 1 is 1.12 bits per heavy atom. The molecule has 0 radical (unpaired) electrons. The molecule has 1 aromatic heterocycles. The lowest BCUT2D eigenvalue weighted by molar-refractivity contribution is -0.137. The van der Waals surface area contributed by atoms with Gasteiger partial charge in [-0.05, 0) is 36.4 Å². The van der Waals surface area contributed by atoms with Gasteiger partial charge >= 0.3 is 5.97 Å². The Morgan fingerprint density at radius 2 is 1.88 bits per heavy atom. The number of benzene rings is 2. The summed E-state index contributed by atoms with van der Waals surface area (Å²) in [4.78, 5) is 27.8. The molecule has 0 aliphatic carbocycles. The number of aliphatic carboxylic acids is 1. The maximum atomic E-state index is 12.3. The Bertz CT molecular complexity index is 1020. The van der Waals surface area contributed by atoms with Crippen molar-refractivity contribution in [2.75, 3.05) is 0 Å². The molecule has 122 valence electrons. The van der Waals surface area contributed by atoms with E-state index >= 15 is 0 Å². The fourth-order valence-corrected chi connectivity index (χ4v) is 3.69. The number of thiazole rings is 1. The number of amides is 1. The molecule has 0 aliphatic heterocycles. The fraction of sp³-hybridized carbons (Fsp3) is 0.0625. The molecule has 0 saturated carbocycles. The highest BCUT2D eigenvalue weighted by atomic mass is 35.5. The van der Waals surface area contributed by atoms with E-state index < -0.39 is 11.9 Å². The topological polar surface area (TPSA) is 71.7 Å². The van der Waals surface area contributed by atoms with Crippen molar-refractivity contribution in [1.29, 1.82) is 0 Å². The van der Waals surface area contributed by atoms with Crippen LogP contribution in [0.5, 0.6) is 0 Å². The third-order valence-corrected chi connectivity index (χ3v) is 4.72. The van der Waals surface area contributed by atoms with E-state index in [9.17, 15) is 9.59 Å². The zero-order valence-electron chi connectivity index (χ0n) is 12.1. The second-order valence-corrected chi connectivity index (χ2v) is 6.79. The molecule has 1 N–H and O–H groups in total. The van der Waals surface area contributed by atoms with Crippen LogP contribution in [0.15, 0.2) is 47.5 Å². The predicted octanol–water partition coefficient (Wildman–Crippen LogP) is 3.84. The summed E-state index contributed by atoms with van der Waals surface area (Å²) >= 11 is 13.1. The van der Waals surface area contributed by atoms with Crippen LogP contribution in [-0.2, 0) is 11.3 Å². The average molecular weight is 381 g/mol. The van der Waals surface area contributed by atoms with Crippen molar-refractivity contribution in [1.82, 2.24) is 4.57 Å². The second-order valence-electron chi connectivity index (χ2n) is 4.90. The maximum absolute atomic E-state index is 12.3. The number of rotatable bonds is 3. The Morgan fingerprint density at radius 3 is 2.58 bits per heavy atom. The molecule has 0 saturated heterocycles. The van der Waals surface area contributed by atoms with Crippen LogP contribution in [0.4, 0.5) is 0 Å². The van der Waals surface area contributed by atoms with Gasteiger partial charge < -0.3 is 9.67 Å². The van der Waals surface area contributed by atoms with Crippen LogP contribution in [0.25, 0.3) is 10.2 Å². The highest BCUT2D eigenvalue weighted by Gasteiger charge is 2.12. The number of carbonyl (C=O) groups is 2. The molecule has 0 spiro atoms. The molecule has 1 heterocycles. The smallest absolute Gasteiger partial charge is 0.323 e. The molecule has 0 aliphatic rings. The van der Waals surface area contributed by atoms with Gasteiger partial charge in [0, 0.05) is 15.6 Å². The molecule has 5 nitrogen and oxygen atoms in total. The van der Waals surface area contributed by atoms with Gasteiger partial charge in [0.05, 0.1) is 10.2 Å². The van der Waals surface area contributed by atoms with Crippen molar-refractivity contribution in [2.45, 2.75) is 6.54 Å². The molecule has 3 aromatic rings. The molecule has 0 fully saturated rings. The molecule has 1 amide bonds. The number of carboxylic acids is 1. The zero-order chi connectivity index (χ0) is 17.3. The van der Waals surface area contributed by atoms with Crippen LogP contribution >= 0.6 is 34.5 Å². The second kappa shape index (κ2) is 6.76. The van der Waals surface area contributed by atoms with Gasteiger partial charge in [-0.1, -0.05) is 40.6 Å². The Kier molecular flexibility index (Phi) is 4.71. The summed E-state index contributed by atoms with van der Waals surface area (Å²) in [5.74, 6) is -1.52. The summed E-state index contributed by atoms with van der Waals surface area (Å²) in [7, 11) is 0. The molecule has 0 bridgehead atoms. The molecule has 24 heavy (non-hydrogen) atoms. The van der Waals surface area contributed by atoms with Gasteiger partial charge in [-0.2, -0.15) is 4.99 Å². The molecule has 3 rings (SSSR count). The minimum Gasteiger partial charge on any atom is -0.480 e. The summed E-state index contributed by atoms with van der Waals surface area (Å²) in [6.07, 6.45) is 0. The summed E-state index contributed by atoms with van der Waals surface area (Å²) in [6, 6.07) is 11.5. The van der Waals surface area contributed by atoms with Gasteiger partial charge in [0.1, 0.15) is 6.54 Å². The lowest BCUT2D eigenvalue weighted by atomic mass is 10.2. The molecule has 8 heteroatoms. The number of carboxylic acid groups (broad SMARTS) is 1. The Balaban J connectivity index is 2.16. The molecular formula is C16H10Cl2N2O3S. The zero-order valence-corrected chi connectivity index (χ0v) is 14.4. The number of hydrogen-bond acceptors (Lipinski definition) is 3. The van der Waals surface area contributed by atoms with Crippen LogP contribution in [0.2, 0.25) is 10.0 Å². The number of hydrogen-bond donors (Lipinski definition) is 1. The average Bonchev–Trinajstić information content (AvgIpc) is 2.83. The van der Waals surface area contributed by atoms with Crippen LogP contribution in [-0.4, -0.2) is 21.6 Å². The van der Waals surface area contributed by atoms with E-state index in [0.717, 1.165) is 4.70 Å². The van der Waals surface area contributed by atoms with Crippen molar-refractivity contribution in [2.24, 2.45) is 4.99 Å². The normalized spacial score (nSPS) is 11.8. The van der Waals surface area contributed by atoms with Gasteiger partial charge in [-0.3, -0.25) is 9.59 Å². The summed E-state index contributed by atoms with van der Waals surface area (Å²) in [5.41, 5.74) is 0.990. The van der Waals surface area contributed by atoms with Gasteiger partial charge in [0.25, 0.3) is 5.91 Å². The lowest BCUT2D eigenvalue weighted by Gasteiger charge is -2.01. The van der Waals surface area contributed by atoms with Crippen LogP contribution in [0.3, 0.4) is 0 Å². The van der Waals surface area contributed by atoms with E-state index in [0.29, 0.717) is 25.9 Å². The molecular weight excluding hydrogens is 371 g/mol. The first-order valence-electron chi connectivity index (χ1n) is 6.79. The van der Waals surface area contributed by atoms with Gasteiger partial charge in [0.15, 0.2) is 4.80 Å². The van der Waals surface area contributed by atoms with E-state index in [2.05, 4.69) is 4.99 Å². The molecule has 0 unspecified atom stereocenters.